The van der Waals surface area contributed by atoms with Gasteiger partial charge in [0.05, 0.1) is 11.3 Å². The summed E-state index contributed by atoms with van der Waals surface area (Å²) in [5.74, 6) is -0.593. The molecule has 14 heteroatoms. The van der Waals surface area contributed by atoms with Gasteiger partial charge in [-0.05, 0) is 84.2 Å². The lowest BCUT2D eigenvalue weighted by Crippen LogP contribution is -2.57. The number of hydrogen-bond donors (Lipinski definition) is 4. The second-order valence-electron chi connectivity index (χ2n) is 12.3. The number of carboxylic acid groups (broad SMARTS) is 1. The molecule has 14 nitrogen and oxygen atoms in total. The highest BCUT2D eigenvalue weighted by molar-refractivity contribution is 5.96. The summed E-state index contributed by atoms with van der Waals surface area (Å²) in [5, 5.41) is 13.9. The van der Waals surface area contributed by atoms with E-state index in [1.807, 2.05) is 30.3 Å². The van der Waals surface area contributed by atoms with Gasteiger partial charge in [0.25, 0.3) is 0 Å². The van der Waals surface area contributed by atoms with Crippen LogP contribution in [-0.2, 0) is 20.8 Å². The van der Waals surface area contributed by atoms with Crippen molar-refractivity contribution >= 4 is 36.0 Å². The topological polar surface area (TPSA) is 176 Å². The van der Waals surface area contributed by atoms with Crippen molar-refractivity contribution < 1.29 is 43.3 Å². The summed E-state index contributed by atoms with van der Waals surface area (Å²) in [6.07, 6.45) is -0.486. The lowest BCUT2D eigenvalue weighted by Gasteiger charge is -2.28. The molecule has 0 aliphatic carbocycles. The predicted molar refractivity (Wildman–Crippen MR) is 170 cm³/mol. The van der Waals surface area contributed by atoms with Gasteiger partial charge in [0, 0.05) is 13.1 Å². The van der Waals surface area contributed by atoms with Gasteiger partial charge in [-0.25, -0.2) is 39.8 Å². The fourth-order valence-electron chi connectivity index (χ4n) is 3.80. The number of rotatable bonds is 11. The van der Waals surface area contributed by atoms with Crippen LogP contribution in [-0.4, -0.2) is 64.7 Å². The molecule has 0 saturated heterocycles. The Morgan fingerprint density at radius 2 is 1.33 bits per heavy atom. The van der Waals surface area contributed by atoms with Crippen molar-refractivity contribution in [2.45, 2.75) is 85.0 Å². The van der Waals surface area contributed by atoms with E-state index in [4.69, 9.17) is 14.2 Å². The van der Waals surface area contributed by atoms with E-state index in [9.17, 15) is 29.1 Å². The van der Waals surface area contributed by atoms with E-state index in [0.717, 1.165) is 10.6 Å². The molecule has 0 spiro atoms. The first-order valence-electron chi connectivity index (χ1n) is 14.9. The number of benzene rings is 2. The number of esters is 1. The van der Waals surface area contributed by atoms with Crippen LogP contribution >= 0.6 is 0 Å². The summed E-state index contributed by atoms with van der Waals surface area (Å²) < 4.78 is 15.8. The van der Waals surface area contributed by atoms with Crippen LogP contribution in [0.2, 0.25) is 0 Å². The van der Waals surface area contributed by atoms with E-state index in [1.54, 1.807) is 41.5 Å². The molecule has 4 N–H and O–H groups in total. The Bertz CT molecular complexity index is 1310. The van der Waals surface area contributed by atoms with E-state index in [2.05, 4.69) is 16.2 Å². The minimum absolute atomic E-state index is 0.0347. The fourth-order valence-corrected chi connectivity index (χ4v) is 3.80. The zero-order valence-corrected chi connectivity index (χ0v) is 27.3. The molecule has 252 valence electrons. The standard InChI is InChI=1S/C32H45N5O9/c1-31(2,3)45-28(40)33-20-12-7-8-13-21-36(30(42)43)34-27(39)37(35-29(41)46-32(4,5)6)25-18-16-24(17-19-25)26(38)44-22-23-14-10-9-11-15-23/h9-11,14-19H,7-8,12-13,20-22H2,1-6H3,(H,33,40)(H,34,39)(H,35,41)(H,42,43). The normalized spacial score (nSPS) is 11.1. The largest absolute Gasteiger partial charge is 0.464 e. The number of carbonyl (C=O) groups is 5. The SMILES string of the molecule is CC(C)(C)OC(=O)NCCCCCCN(NC(=O)N(NC(=O)OC(C)(C)C)c1ccc(C(=O)OCc2ccccc2)cc1)C(=O)O. The number of alkyl carbamates (subject to hydrolysis) is 1. The number of nitrogens with one attached hydrogen (secondary N) is 3. The lowest BCUT2D eigenvalue weighted by atomic mass is 10.2. The minimum Gasteiger partial charge on any atom is -0.464 e. The van der Waals surface area contributed by atoms with Crippen molar-refractivity contribution in [1.29, 1.82) is 0 Å². The van der Waals surface area contributed by atoms with Crippen molar-refractivity contribution in [3.63, 3.8) is 0 Å². The smallest absolute Gasteiger partial charge is 0.427 e. The van der Waals surface area contributed by atoms with E-state index < -0.39 is 41.5 Å². The molecular formula is C32H45N5O9. The number of urea groups is 1. The highest BCUT2D eigenvalue weighted by atomic mass is 16.6. The summed E-state index contributed by atoms with van der Waals surface area (Å²) in [6.45, 7) is 10.7. The van der Waals surface area contributed by atoms with Gasteiger partial charge < -0.3 is 24.6 Å². The number of unbranched alkanes of at least 4 members (excludes halogenated alkanes) is 3. The van der Waals surface area contributed by atoms with Crippen LogP contribution in [0.3, 0.4) is 0 Å². The second kappa shape index (κ2) is 17.5. The highest BCUT2D eigenvalue weighted by Gasteiger charge is 2.26. The number of hydrazine groups is 2. The monoisotopic (exact) mass is 643 g/mol. The van der Waals surface area contributed by atoms with Crippen molar-refractivity contribution in [2.75, 3.05) is 18.1 Å². The van der Waals surface area contributed by atoms with E-state index in [0.29, 0.717) is 37.2 Å². The summed E-state index contributed by atoms with van der Waals surface area (Å²) >= 11 is 0. The van der Waals surface area contributed by atoms with E-state index in [-0.39, 0.29) is 24.4 Å². The maximum atomic E-state index is 13.3. The van der Waals surface area contributed by atoms with E-state index in [1.165, 1.54) is 24.3 Å². The Balaban J connectivity index is 2.01. The van der Waals surface area contributed by atoms with Crippen molar-refractivity contribution in [3.8, 4) is 0 Å². The fraction of sp³-hybridized carbons (Fsp3) is 0.469. The van der Waals surface area contributed by atoms with Crippen molar-refractivity contribution in [3.05, 3.63) is 65.7 Å². The van der Waals surface area contributed by atoms with Crippen LogP contribution < -0.4 is 21.2 Å². The average Bonchev–Trinajstić information content (AvgIpc) is 2.96. The van der Waals surface area contributed by atoms with Crippen molar-refractivity contribution in [1.82, 2.24) is 21.2 Å². The highest BCUT2D eigenvalue weighted by Crippen LogP contribution is 2.17. The number of ether oxygens (including phenoxy) is 3. The number of nitrogens with zero attached hydrogens (tertiary/aromatic N) is 2. The van der Waals surface area contributed by atoms with Gasteiger partial charge in [-0.1, -0.05) is 43.2 Å². The number of anilines is 1. The zero-order valence-electron chi connectivity index (χ0n) is 27.3. The van der Waals surface area contributed by atoms with Crippen molar-refractivity contribution in [2.24, 2.45) is 0 Å². The second-order valence-corrected chi connectivity index (χ2v) is 12.3. The van der Waals surface area contributed by atoms with Crippen LogP contribution in [0.15, 0.2) is 54.6 Å². The van der Waals surface area contributed by atoms with Gasteiger partial charge in [0.1, 0.15) is 17.8 Å². The van der Waals surface area contributed by atoms with Crippen LogP contribution in [0, 0.1) is 0 Å². The Labute approximate surface area is 269 Å². The first-order valence-corrected chi connectivity index (χ1v) is 14.9. The average molecular weight is 644 g/mol. The van der Waals surface area contributed by atoms with E-state index >= 15 is 0 Å². The predicted octanol–water partition coefficient (Wildman–Crippen LogP) is 5.98. The maximum Gasteiger partial charge on any atom is 0.427 e. The molecule has 5 amide bonds. The van der Waals surface area contributed by atoms with Gasteiger partial charge in [-0.3, -0.25) is 0 Å². The Hall–Kier alpha value is -5.01. The third-order valence-electron chi connectivity index (χ3n) is 5.82. The molecule has 0 atom stereocenters. The molecule has 0 fully saturated rings. The quantitative estimate of drug-likeness (QED) is 0.0993. The zero-order chi connectivity index (χ0) is 34.3. The summed E-state index contributed by atoms with van der Waals surface area (Å²) in [6, 6.07) is 13.8. The molecule has 0 bridgehead atoms. The number of carbonyl (C=O) groups excluding carboxylic acids is 4. The Morgan fingerprint density at radius 3 is 1.91 bits per heavy atom. The number of hydrogen-bond acceptors (Lipinski definition) is 8. The molecule has 0 aromatic heterocycles. The molecule has 0 unspecified atom stereocenters. The van der Waals surface area contributed by atoms with Gasteiger partial charge in [-0.15, -0.1) is 0 Å². The Kier molecular flexibility index (Phi) is 14.1. The van der Waals surface area contributed by atoms with Crippen LogP contribution in [0.5, 0.6) is 0 Å². The summed E-state index contributed by atoms with van der Waals surface area (Å²) in [4.78, 5) is 62.0. The summed E-state index contributed by atoms with van der Waals surface area (Å²) in [7, 11) is 0. The third-order valence-corrected chi connectivity index (χ3v) is 5.82. The maximum absolute atomic E-state index is 13.3. The number of amides is 5. The Morgan fingerprint density at radius 1 is 0.739 bits per heavy atom. The molecule has 2 rings (SSSR count). The molecule has 0 aliphatic rings. The summed E-state index contributed by atoms with van der Waals surface area (Å²) in [5.41, 5.74) is 4.27. The van der Waals surface area contributed by atoms with Crippen LogP contribution in [0.25, 0.3) is 0 Å². The van der Waals surface area contributed by atoms with Crippen LogP contribution in [0.4, 0.5) is 24.9 Å². The van der Waals surface area contributed by atoms with Gasteiger partial charge in [0.2, 0.25) is 0 Å². The minimum atomic E-state index is -1.41. The molecule has 46 heavy (non-hydrogen) atoms. The van der Waals surface area contributed by atoms with Gasteiger partial charge >= 0.3 is 30.3 Å². The molecule has 0 radical (unpaired) electrons. The van der Waals surface area contributed by atoms with Crippen LogP contribution in [0.1, 0.15) is 83.1 Å². The first kappa shape index (κ1) is 37.2. The third kappa shape index (κ3) is 14.6. The molecule has 2 aromatic rings. The molecular weight excluding hydrogens is 598 g/mol. The molecule has 0 aliphatic heterocycles. The van der Waals surface area contributed by atoms with Gasteiger partial charge in [0.15, 0.2) is 0 Å². The van der Waals surface area contributed by atoms with Gasteiger partial charge in [-0.2, -0.15) is 5.01 Å². The first-order chi connectivity index (χ1) is 21.5. The lowest BCUT2D eigenvalue weighted by molar-refractivity contribution is 0.0469. The molecule has 0 heterocycles. The molecule has 0 saturated carbocycles. The molecule has 2 aromatic carbocycles.